The Labute approximate surface area is 165 Å². The lowest BCUT2D eigenvalue weighted by Gasteiger charge is -2.21. The molecule has 2 rings (SSSR count). The molecular weight excluding hydrogens is 362 g/mol. The van der Waals surface area contributed by atoms with Crippen LogP contribution in [-0.2, 0) is 5.60 Å². The number of aliphatic hydroxyl groups is 1. The highest BCUT2D eigenvalue weighted by molar-refractivity contribution is 7.10. The van der Waals surface area contributed by atoms with Gasteiger partial charge in [-0.1, -0.05) is 12.1 Å². The number of guanidine groups is 1. The number of ether oxygens (including phenoxy) is 2. The summed E-state index contributed by atoms with van der Waals surface area (Å²) in [7, 11) is 1.63. The van der Waals surface area contributed by atoms with Crippen molar-refractivity contribution in [3.05, 3.63) is 46.7 Å². The van der Waals surface area contributed by atoms with E-state index >= 15 is 0 Å². The zero-order valence-electron chi connectivity index (χ0n) is 16.4. The molecule has 2 atom stereocenters. The van der Waals surface area contributed by atoms with Crippen molar-refractivity contribution in [3.63, 3.8) is 0 Å². The SMILES string of the molecule is CCNC(=NCC(C)(O)c1cccs1)NCC(C)Oc1cccc(OC)c1. The Morgan fingerprint density at radius 1 is 1.26 bits per heavy atom. The molecular formula is C20H29N3O3S. The smallest absolute Gasteiger partial charge is 0.191 e. The molecule has 27 heavy (non-hydrogen) atoms. The van der Waals surface area contributed by atoms with Crippen LogP contribution in [0.3, 0.4) is 0 Å². The van der Waals surface area contributed by atoms with E-state index in [1.165, 1.54) is 11.3 Å². The van der Waals surface area contributed by atoms with E-state index in [0.29, 0.717) is 12.5 Å². The number of nitrogens with one attached hydrogen (secondary N) is 2. The topological polar surface area (TPSA) is 75.1 Å². The fraction of sp³-hybridized carbons (Fsp3) is 0.450. The van der Waals surface area contributed by atoms with Crippen LogP contribution in [0.25, 0.3) is 0 Å². The molecule has 0 aliphatic rings. The molecule has 0 spiro atoms. The lowest BCUT2D eigenvalue weighted by Crippen LogP contribution is -2.42. The van der Waals surface area contributed by atoms with E-state index in [-0.39, 0.29) is 12.6 Å². The third kappa shape index (κ3) is 6.77. The summed E-state index contributed by atoms with van der Waals surface area (Å²) >= 11 is 1.53. The zero-order chi connectivity index (χ0) is 19.7. The van der Waals surface area contributed by atoms with Crippen molar-refractivity contribution in [2.45, 2.75) is 32.5 Å². The van der Waals surface area contributed by atoms with E-state index in [0.717, 1.165) is 22.9 Å². The minimum Gasteiger partial charge on any atom is -0.497 e. The number of benzene rings is 1. The van der Waals surface area contributed by atoms with E-state index in [4.69, 9.17) is 9.47 Å². The summed E-state index contributed by atoms with van der Waals surface area (Å²) < 4.78 is 11.1. The number of nitrogens with zero attached hydrogens (tertiary/aromatic N) is 1. The van der Waals surface area contributed by atoms with Crippen LogP contribution in [0.15, 0.2) is 46.8 Å². The maximum absolute atomic E-state index is 10.6. The van der Waals surface area contributed by atoms with Crippen LogP contribution < -0.4 is 20.1 Å². The zero-order valence-corrected chi connectivity index (χ0v) is 17.2. The number of thiophene rings is 1. The number of rotatable bonds is 9. The van der Waals surface area contributed by atoms with E-state index in [2.05, 4.69) is 15.6 Å². The first kappa shape index (κ1) is 21.1. The van der Waals surface area contributed by atoms with Gasteiger partial charge in [0.25, 0.3) is 0 Å². The molecule has 7 heteroatoms. The minimum atomic E-state index is -0.987. The Morgan fingerprint density at radius 2 is 2.04 bits per heavy atom. The molecule has 0 radical (unpaired) electrons. The second-order valence-electron chi connectivity index (χ2n) is 6.43. The van der Waals surface area contributed by atoms with E-state index in [1.54, 1.807) is 14.0 Å². The summed E-state index contributed by atoms with van der Waals surface area (Å²) in [4.78, 5) is 5.42. The van der Waals surface area contributed by atoms with E-state index in [1.807, 2.05) is 55.6 Å². The molecule has 0 saturated heterocycles. The lowest BCUT2D eigenvalue weighted by molar-refractivity contribution is 0.0711. The monoisotopic (exact) mass is 391 g/mol. The van der Waals surface area contributed by atoms with Gasteiger partial charge < -0.3 is 25.2 Å². The molecule has 0 bridgehead atoms. The summed E-state index contributed by atoms with van der Waals surface area (Å²) in [6, 6.07) is 11.4. The molecule has 1 aromatic carbocycles. The fourth-order valence-electron chi connectivity index (χ4n) is 2.43. The summed E-state index contributed by atoms with van der Waals surface area (Å²) in [5.41, 5.74) is -0.987. The van der Waals surface area contributed by atoms with Crippen molar-refractivity contribution in [1.82, 2.24) is 10.6 Å². The van der Waals surface area contributed by atoms with Gasteiger partial charge >= 0.3 is 0 Å². The van der Waals surface area contributed by atoms with Crippen LogP contribution in [0.5, 0.6) is 11.5 Å². The Bertz CT molecular complexity index is 717. The predicted octanol–water partition coefficient (Wildman–Crippen LogP) is 2.99. The van der Waals surface area contributed by atoms with Gasteiger partial charge in [0, 0.05) is 17.5 Å². The first-order valence-corrected chi connectivity index (χ1v) is 9.92. The van der Waals surface area contributed by atoms with E-state index < -0.39 is 5.60 Å². The highest BCUT2D eigenvalue weighted by atomic mass is 32.1. The number of aliphatic imine (C=N–C) groups is 1. The molecule has 2 unspecified atom stereocenters. The molecule has 0 aliphatic heterocycles. The standard InChI is InChI=1S/C20H29N3O3S/c1-5-21-19(23-14-20(3,24)18-10-7-11-27-18)22-13-15(2)26-17-9-6-8-16(12-17)25-4/h6-12,15,24H,5,13-14H2,1-4H3,(H2,21,22,23). The molecule has 1 aromatic heterocycles. The quantitative estimate of drug-likeness (QED) is 0.453. The first-order valence-electron chi connectivity index (χ1n) is 9.04. The van der Waals surface area contributed by atoms with Gasteiger partial charge in [-0.25, -0.2) is 4.99 Å². The molecule has 1 heterocycles. The molecule has 0 fully saturated rings. The first-order chi connectivity index (χ1) is 12.9. The van der Waals surface area contributed by atoms with Gasteiger partial charge in [-0.3, -0.25) is 0 Å². The molecule has 0 aliphatic carbocycles. The Balaban J connectivity index is 1.90. The normalized spacial score (nSPS) is 14.9. The second kappa shape index (κ2) is 10.2. The fourth-order valence-corrected chi connectivity index (χ4v) is 3.21. The van der Waals surface area contributed by atoms with Gasteiger partial charge in [-0.15, -0.1) is 11.3 Å². The van der Waals surface area contributed by atoms with E-state index in [9.17, 15) is 5.11 Å². The second-order valence-corrected chi connectivity index (χ2v) is 7.38. The average Bonchev–Trinajstić information content (AvgIpc) is 3.20. The van der Waals surface area contributed by atoms with Crippen molar-refractivity contribution < 1.29 is 14.6 Å². The highest BCUT2D eigenvalue weighted by Gasteiger charge is 2.24. The van der Waals surface area contributed by atoms with Crippen molar-refractivity contribution in [3.8, 4) is 11.5 Å². The van der Waals surface area contributed by atoms with Gasteiger partial charge in [-0.2, -0.15) is 0 Å². The molecule has 148 valence electrons. The number of hydrogen-bond acceptors (Lipinski definition) is 5. The van der Waals surface area contributed by atoms with Gasteiger partial charge in [-0.05, 0) is 44.4 Å². The Hall–Kier alpha value is -2.25. The van der Waals surface area contributed by atoms with Crippen LogP contribution >= 0.6 is 11.3 Å². The largest absolute Gasteiger partial charge is 0.497 e. The predicted molar refractivity (Wildman–Crippen MR) is 111 cm³/mol. The summed E-state index contributed by atoms with van der Waals surface area (Å²) in [6.45, 7) is 7.35. The number of methoxy groups -OCH3 is 1. The molecule has 0 saturated carbocycles. The van der Waals surface area contributed by atoms with Crippen LogP contribution in [0.4, 0.5) is 0 Å². The molecule has 0 amide bonds. The summed E-state index contributed by atoms with van der Waals surface area (Å²) in [5, 5.41) is 19.0. The Kier molecular flexibility index (Phi) is 7.94. The third-order valence-electron chi connectivity index (χ3n) is 3.88. The highest BCUT2D eigenvalue weighted by Crippen LogP contribution is 2.25. The van der Waals surface area contributed by atoms with Gasteiger partial charge in [0.15, 0.2) is 5.96 Å². The van der Waals surface area contributed by atoms with Crippen LogP contribution in [0.2, 0.25) is 0 Å². The van der Waals surface area contributed by atoms with Gasteiger partial charge in [0.05, 0.1) is 20.2 Å². The maximum Gasteiger partial charge on any atom is 0.191 e. The summed E-state index contributed by atoms with van der Waals surface area (Å²) in [6.07, 6.45) is -0.0706. The average molecular weight is 392 g/mol. The van der Waals surface area contributed by atoms with Crippen molar-refractivity contribution >= 4 is 17.3 Å². The van der Waals surface area contributed by atoms with Crippen LogP contribution in [0.1, 0.15) is 25.6 Å². The maximum atomic E-state index is 10.6. The third-order valence-corrected chi connectivity index (χ3v) is 5.00. The van der Waals surface area contributed by atoms with Crippen molar-refractivity contribution in [1.29, 1.82) is 0 Å². The van der Waals surface area contributed by atoms with Gasteiger partial charge in [0.1, 0.15) is 23.2 Å². The van der Waals surface area contributed by atoms with Crippen LogP contribution in [0, 0.1) is 0 Å². The van der Waals surface area contributed by atoms with Crippen LogP contribution in [-0.4, -0.2) is 43.9 Å². The summed E-state index contributed by atoms with van der Waals surface area (Å²) in [5.74, 6) is 2.17. The number of hydrogen-bond donors (Lipinski definition) is 3. The minimum absolute atomic E-state index is 0.0706. The Morgan fingerprint density at radius 3 is 2.70 bits per heavy atom. The lowest BCUT2D eigenvalue weighted by atomic mass is 10.1. The van der Waals surface area contributed by atoms with Gasteiger partial charge in [0.2, 0.25) is 0 Å². The molecule has 6 nitrogen and oxygen atoms in total. The molecule has 3 N–H and O–H groups in total. The van der Waals surface area contributed by atoms with Crippen molar-refractivity contribution in [2.75, 3.05) is 26.7 Å². The van der Waals surface area contributed by atoms with Crippen molar-refractivity contribution in [2.24, 2.45) is 4.99 Å². The molecule has 2 aromatic rings.